The fourth-order valence-electron chi connectivity index (χ4n) is 2.80. The van der Waals surface area contributed by atoms with Gasteiger partial charge in [-0.15, -0.1) is 11.3 Å². The molecule has 1 N–H and O–H groups in total. The Labute approximate surface area is 174 Å². The summed E-state index contributed by atoms with van der Waals surface area (Å²) in [7, 11) is 0. The Morgan fingerprint density at radius 1 is 1.17 bits per heavy atom. The predicted octanol–water partition coefficient (Wildman–Crippen LogP) is 3.97. The molecule has 154 valence electrons. The van der Waals surface area contributed by atoms with Crippen LogP contribution in [0.5, 0.6) is 5.75 Å². The predicted molar refractivity (Wildman–Crippen MR) is 112 cm³/mol. The van der Waals surface area contributed by atoms with Gasteiger partial charge >= 0.3 is 0 Å². The Hall–Kier alpha value is -2.74. The zero-order valence-corrected chi connectivity index (χ0v) is 17.6. The monoisotopic (exact) mass is 414 g/mol. The van der Waals surface area contributed by atoms with Crippen LogP contribution in [-0.2, 0) is 17.6 Å². The number of aromatic nitrogens is 3. The van der Waals surface area contributed by atoms with Gasteiger partial charge in [-0.1, -0.05) is 5.16 Å². The summed E-state index contributed by atoms with van der Waals surface area (Å²) in [6, 6.07) is 7.52. The minimum Gasteiger partial charge on any atom is -0.494 e. The first kappa shape index (κ1) is 21.0. The number of ether oxygens (including phenoxy) is 1. The first-order valence-electron chi connectivity index (χ1n) is 9.87. The molecule has 0 aliphatic rings. The number of amides is 1. The van der Waals surface area contributed by atoms with Crippen molar-refractivity contribution in [1.29, 1.82) is 0 Å². The summed E-state index contributed by atoms with van der Waals surface area (Å²) in [6.07, 6.45) is 3.67. The van der Waals surface area contributed by atoms with E-state index in [-0.39, 0.29) is 5.91 Å². The topological polar surface area (TPSA) is 90.1 Å². The lowest BCUT2D eigenvalue weighted by Gasteiger charge is -2.03. The largest absolute Gasteiger partial charge is 0.494 e. The number of hydrogen-bond acceptors (Lipinski definition) is 7. The molecule has 0 aliphatic heterocycles. The van der Waals surface area contributed by atoms with Crippen molar-refractivity contribution in [1.82, 2.24) is 20.4 Å². The second-order valence-electron chi connectivity index (χ2n) is 6.66. The van der Waals surface area contributed by atoms with Gasteiger partial charge in [0, 0.05) is 36.0 Å². The molecule has 1 amide bonds. The molecule has 8 heteroatoms. The number of aryl methyl sites for hydroxylation is 3. The Bertz CT molecular complexity index is 905. The van der Waals surface area contributed by atoms with E-state index >= 15 is 0 Å². The number of benzene rings is 1. The molecule has 0 bridgehead atoms. The highest BCUT2D eigenvalue weighted by atomic mass is 32.1. The van der Waals surface area contributed by atoms with Crippen LogP contribution in [0.15, 0.2) is 34.2 Å². The van der Waals surface area contributed by atoms with Crippen LogP contribution in [0.2, 0.25) is 0 Å². The Morgan fingerprint density at radius 2 is 2.00 bits per heavy atom. The van der Waals surface area contributed by atoms with Crippen molar-refractivity contribution >= 4 is 17.2 Å². The van der Waals surface area contributed by atoms with Crippen LogP contribution in [0.1, 0.15) is 42.8 Å². The van der Waals surface area contributed by atoms with Gasteiger partial charge in [-0.05, 0) is 57.4 Å². The van der Waals surface area contributed by atoms with Crippen LogP contribution in [0.4, 0.5) is 0 Å². The van der Waals surface area contributed by atoms with E-state index in [4.69, 9.17) is 9.26 Å². The van der Waals surface area contributed by atoms with E-state index in [1.165, 1.54) is 0 Å². The molecule has 29 heavy (non-hydrogen) atoms. The average Bonchev–Trinajstić information content (AvgIpc) is 3.36. The zero-order chi connectivity index (χ0) is 20.5. The smallest absolute Gasteiger partial charge is 0.227 e. The fraction of sp³-hybridized carbons (Fsp3) is 0.429. The third-order valence-corrected chi connectivity index (χ3v) is 5.29. The third kappa shape index (κ3) is 6.67. The summed E-state index contributed by atoms with van der Waals surface area (Å²) in [5, 5.41) is 10.2. The molecule has 0 radical (unpaired) electrons. The maximum atomic E-state index is 12.0. The number of thiazole rings is 1. The normalized spacial score (nSPS) is 10.8. The number of unbranched alkanes of at least 4 members (excludes halogenated alkanes) is 1. The molecule has 3 aromatic rings. The summed E-state index contributed by atoms with van der Waals surface area (Å²) < 4.78 is 10.7. The van der Waals surface area contributed by atoms with E-state index in [9.17, 15) is 4.79 Å². The van der Waals surface area contributed by atoms with Crippen molar-refractivity contribution in [2.75, 3.05) is 13.2 Å². The first-order valence-corrected chi connectivity index (χ1v) is 10.8. The highest BCUT2D eigenvalue weighted by Crippen LogP contribution is 2.20. The first-order chi connectivity index (χ1) is 14.1. The van der Waals surface area contributed by atoms with E-state index < -0.39 is 0 Å². The second-order valence-corrected chi connectivity index (χ2v) is 7.60. The lowest BCUT2D eigenvalue weighted by molar-refractivity contribution is -0.121. The molecule has 3 rings (SSSR count). The second kappa shape index (κ2) is 10.7. The van der Waals surface area contributed by atoms with Gasteiger partial charge in [-0.3, -0.25) is 4.79 Å². The molecular formula is C21H26N4O3S. The van der Waals surface area contributed by atoms with Crippen LogP contribution in [0, 0.1) is 6.92 Å². The SMILES string of the molecule is CCOc1ccc(-c2noc(CCC(=O)NCCCCc3nc(C)cs3)n2)cc1. The van der Waals surface area contributed by atoms with Crippen molar-refractivity contribution in [2.45, 2.75) is 46.0 Å². The highest BCUT2D eigenvalue weighted by molar-refractivity contribution is 7.09. The molecule has 2 heterocycles. The zero-order valence-electron chi connectivity index (χ0n) is 16.8. The molecule has 1 aromatic carbocycles. The minimum absolute atomic E-state index is 0.00379. The molecule has 0 saturated heterocycles. The lowest BCUT2D eigenvalue weighted by atomic mass is 10.2. The molecule has 0 unspecified atom stereocenters. The maximum absolute atomic E-state index is 12.0. The van der Waals surface area contributed by atoms with Crippen LogP contribution < -0.4 is 10.1 Å². The summed E-state index contributed by atoms with van der Waals surface area (Å²) in [5.41, 5.74) is 1.92. The van der Waals surface area contributed by atoms with Gasteiger partial charge in [-0.25, -0.2) is 4.98 Å². The van der Waals surface area contributed by atoms with E-state index in [1.807, 2.05) is 38.1 Å². The summed E-state index contributed by atoms with van der Waals surface area (Å²) in [6.45, 7) is 5.24. The average molecular weight is 415 g/mol. The van der Waals surface area contributed by atoms with Crippen LogP contribution >= 0.6 is 11.3 Å². The third-order valence-electron chi connectivity index (χ3n) is 4.26. The maximum Gasteiger partial charge on any atom is 0.227 e. The Kier molecular flexibility index (Phi) is 7.75. The fourth-order valence-corrected chi connectivity index (χ4v) is 3.61. The van der Waals surface area contributed by atoms with Crippen LogP contribution in [0.3, 0.4) is 0 Å². The molecule has 0 aliphatic carbocycles. The van der Waals surface area contributed by atoms with Crippen molar-refractivity contribution in [3.8, 4) is 17.1 Å². The number of hydrogen-bond donors (Lipinski definition) is 1. The highest BCUT2D eigenvalue weighted by Gasteiger charge is 2.11. The van der Waals surface area contributed by atoms with Gasteiger partial charge in [0.15, 0.2) is 0 Å². The van der Waals surface area contributed by atoms with Crippen molar-refractivity contribution < 1.29 is 14.1 Å². The van der Waals surface area contributed by atoms with Gasteiger partial charge in [-0.2, -0.15) is 4.98 Å². The number of rotatable bonds is 11. The molecule has 0 fully saturated rings. The van der Waals surface area contributed by atoms with Crippen LogP contribution in [0.25, 0.3) is 11.4 Å². The van der Waals surface area contributed by atoms with Crippen molar-refractivity contribution in [2.24, 2.45) is 0 Å². The Morgan fingerprint density at radius 3 is 2.72 bits per heavy atom. The van der Waals surface area contributed by atoms with E-state index in [0.717, 1.165) is 41.3 Å². The molecule has 7 nitrogen and oxygen atoms in total. The number of nitrogens with zero attached hydrogens (tertiary/aromatic N) is 3. The van der Waals surface area contributed by atoms with Gasteiger partial charge in [0.1, 0.15) is 5.75 Å². The number of nitrogens with one attached hydrogen (secondary N) is 1. The van der Waals surface area contributed by atoms with Crippen LogP contribution in [-0.4, -0.2) is 34.2 Å². The van der Waals surface area contributed by atoms with Gasteiger partial charge in [0.05, 0.1) is 11.6 Å². The number of carbonyl (C=O) groups excluding carboxylic acids is 1. The quantitative estimate of drug-likeness (QED) is 0.478. The Balaban J connectivity index is 1.35. The summed E-state index contributed by atoms with van der Waals surface area (Å²) in [4.78, 5) is 20.8. The molecule has 2 aromatic heterocycles. The van der Waals surface area contributed by atoms with Gasteiger partial charge in [0.25, 0.3) is 0 Å². The van der Waals surface area contributed by atoms with Gasteiger partial charge < -0.3 is 14.6 Å². The minimum atomic E-state index is -0.00379. The lowest BCUT2D eigenvalue weighted by Crippen LogP contribution is -2.24. The van der Waals surface area contributed by atoms with E-state index in [1.54, 1.807) is 11.3 Å². The molecule has 0 spiro atoms. The summed E-state index contributed by atoms with van der Waals surface area (Å²) >= 11 is 1.69. The van der Waals surface area contributed by atoms with E-state index in [2.05, 4.69) is 25.8 Å². The van der Waals surface area contributed by atoms with Crippen molar-refractivity contribution in [3.63, 3.8) is 0 Å². The molecule has 0 saturated carbocycles. The molecular weight excluding hydrogens is 388 g/mol. The van der Waals surface area contributed by atoms with Crippen molar-refractivity contribution in [3.05, 3.63) is 46.2 Å². The van der Waals surface area contributed by atoms with E-state index in [0.29, 0.717) is 37.7 Å². The van der Waals surface area contributed by atoms with Gasteiger partial charge in [0.2, 0.25) is 17.6 Å². The standard InChI is InChI=1S/C21H26N4O3S/c1-3-27-17-9-7-16(8-10-17)21-24-19(28-25-21)12-11-18(26)22-13-5-4-6-20-23-15(2)14-29-20/h7-10,14H,3-6,11-13H2,1-2H3,(H,22,26). The number of carbonyl (C=O) groups is 1. The summed E-state index contributed by atoms with van der Waals surface area (Å²) in [5.74, 6) is 1.78. The molecule has 0 atom stereocenters.